The molecule has 2 heterocycles. The van der Waals surface area contributed by atoms with Gasteiger partial charge in [0.05, 0.1) is 19.3 Å². The molecule has 2 rings (SSSR count). The number of unbranched alkanes of at least 4 members (excludes halogenated alkanes) is 11. The molecule has 1 aromatic rings. The summed E-state index contributed by atoms with van der Waals surface area (Å²) in [4.78, 5) is 61.9. The fourth-order valence-corrected chi connectivity index (χ4v) is 9.40. The minimum Gasteiger partial charge on any atom is -0.462 e. The van der Waals surface area contributed by atoms with Gasteiger partial charge in [0.15, 0.2) is 12.3 Å². The van der Waals surface area contributed by atoms with Crippen LogP contribution in [-0.2, 0) is 46.3 Å². The van der Waals surface area contributed by atoms with Crippen molar-refractivity contribution in [3.8, 4) is 0 Å². The lowest BCUT2D eigenvalue weighted by molar-refractivity contribution is -0.161. The predicted molar refractivity (Wildman–Crippen MR) is 281 cm³/mol. The summed E-state index contributed by atoms with van der Waals surface area (Å²) in [6, 6.07) is 1.24. The van der Waals surface area contributed by atoms with Crippen molar-refractivity contribution in [2.75, 3.05) is 25.6 Å². The van der Waals surface area contributed by atoms with E-state index in [9.17, 15) is 48.6 Å². The Balaban J connectivity index is 1.83. The number of hydrogen-bond acceptors (Lipinski definition) is 16. The van der Waals surface area contributed by atoms with Gasteiger partial charge < -0.3 is 45.1 Å². The van der Waals surface area contributed by atoms with Gasteiger partial charge >= 0.3 is 33.3 Å². The summed E-state index contributed by atoms with van der Waals surface area (Å²) in [5.74, 6) is -1.40. The highest BCUT2D eigenvalue weighted by Crippen LogP contribution is 2.60. The van der Waals surface area contributed by atoms with Crippen LogP contribution in [-0.4, -0.2) is 96.9 Å². The van der Waals surface area contributed by atoms with Gasteiger partial charge in [-0.2, -0.15) is 9.29 Å². The number of nitrogens with two attached hydrogens (primary N) is 1. The Kier molecular flexibility index (Phi) is 35.4. The van der Waals surface area contributed by atoms with Gasteiger partial charge in [-0.05, 0) is 89.5 Å². The largest absolute Gasteiger partial charge is 0.481 e. The standard InChI is InChI=1S/C52H85N3O16P2/c1-3-5-6-7-8-9-10-11-12-13-14-17-20-23-26-29-32-36-47(57)66-40-44(69-48(58)37-33-30-27-24-21-18-15-16-19-22-25-28-31-35-43(56)34-4-2)41-67-72(62,63)71-73(64,65)68-42-45-49(59)50(60)51(70-45)55-39-38-46(53)54-52(55)61/h8-9,11-12,15,18-19,22,24,27-28,31,38-39,43-45,49-51,56,59-60H,3-7,10,13-14,16-17,20-21,23,25-26,29-30,32-37,40-42H2,1-2H3,(H,62,63)(H,64,65)(H2,53,54,61)/b9-8-,12-11-,18-15-,22-19-,27-24-,31-28-/t43?,44-,45-,49-,50-,51-/m1/s1. The molecular weight excluding hydrogens is 985 g/mol. The number of esters is 2. The van der Waals surface area contributed by atoms with Crippen molar-refractivity contribution in [2.24, 2.45) is 0 Å². The molecule has 0 aliphatic carbocycles. The summed E-state index contributed by atoms with van der Waals surface area (Å²) in [7, 11) is -10.9. The lowest BCUT2D eigenvalue weighted by Gasteiger charge is -2.21. The molecule has 1 aromatic heterocycles. The van der Waals surface area contributed by atoms with Gasteiger partial charge in [0, 0.05) is 19.0 Å². The molecule has 1 fully saturated rings. The first-order valence-electron chi connectivity index (χ1n) is 26.0. The van der Waals surface area contributed by atoms with Gasteiger partial charge in [-0.1, -0.05) is 138 Å². The Morgan fingerprint density at radius 3 is 1.85 bits per heavy atom. The number of aliphatic hydroxyl groups is 3. The van der Waals surface area contributed by atoms with E-state index in [0.29, 0.717) is 32.1 Å². The van der Waals surface area contributed by atoms with Crippen LogP contribution >= 0.6 is 15.6 Å². The maximum absolute atomic E-state index is 12.9. The van der Waals surface area contributed by atoms with Crippen molar-refractivity contribution in [3.05, 3.63) is 95.7 Å². The van der Waals surface area contributed by atoms with E-state index in [0.717, 1.165) is 94.2 Å². The summed E-state index contributed by atoms with van der Waals surface area (Å²) >= 11 is 0. The summed E-state index contributed by atoms with van der Waals surface area (Å²) in [5.41, 5.74) is 4.58. The second-order valence-electron chi connectivity index (χ2n) is 17.8. The van der Waals surface area contributed by atoms with Gasteiger partial charge in [0.2, 0.25) is 0 Å². The monoisotopic (exact) mass is 1070 g/mol. The molecule has 73 heavy (non-hydrogen) atoms. The van der Waals surface area contributed by atoms with Crippen LogP contribution in [0.1, 0.15) is 168 Å². The average Bonchev–Trinajstić information content (AvgIpc) is 3.62. The first kappa shape index (κ1) is 65.3. The average molecular weight is 1070 g/mol. The second kappa shape index (κ2) is 39.6. The number of aliphatic hydroxyl groups excluding tert-OH is 3. The molecule has 19 nitrogen and oxygen atoms in total. The minimum atomic E-state index is -5.45. The normalized spacial score (nSPS) is 20.0. The quantitative estimate of drug-likeness (QED) is 0.0154. The lowest BCUT2D eigenvalue weighted by atomic mass is 10.1. The van der Waals surface area contributed by atoms with Crippen LogP contribution in [0, 0.1) is 0 Å². The number of phosphoric ester groups is 2. The number of nitrogens with zero attached hydrogens (tertiary/aromatic N) is 2. The van der Waals surface area contributed by atoms with E-state index in [4.69, 9.17) is 29.0 Å². The van der Waals surface area contributed by atoms with Gasteiger partial charge in [-0.15, -0.1) is 0 Å². The Labute approximate surface area is 432 Å². The van der Waals surface area contributed by atoms with Crippen LogP contribution in [0.3, 0.4) is 0 Å². The number of carbonyl (C=O) groups excluding carboxylic acids is 2. The summed E-state index contributed by atoms with van der Waals surface area (Å²) in [6.07, 6.45) is 37.6. The first-order valence-corrected chi connectivity index (χ1v) is 29.0. The molecule has 7 N–H and O–H groups in total. The molecule has 0 spiro atoms. The zero-order chi connectivity index (χ0) is 53.6. The smallest absolute Gasteiger partial charge is 0.462 e. The molecule has 8 atom stereocenters. The molecule has 0 aromatic carbocycles. The molecule has 0 radical (unpaired) electrons. The van der Waals surface area contributed by atoms with Crippen LogP contribution in [0.15, 0.2) is 90.0 Å². The van der Waals surface area contributed by atoms with E-state index in [-0.39, 0.29) is 24.8 Å². The van der Waals surface area contributed by atoms with E-state index in [1.54, 1.807) is 0 Å². The Hall–Kier alpha value is -3.84. The Morgan fingerprint density at radius 1 is 0.712 bits per heavy atom. The van der Waals surface area contributed by atoms with Crippen molar-refractivity contribution in [1.29, 1.82) is 0 Å². The highest BCUT2D eigenvalue weighted by molar-refractivity contribution is 7.61. The molecule has 3 unspecified atom stereocenters. The number of ether oxygens (including phenoxy) is 3. The summed E-state index contributed by atoms with van der Waals surface area (Å²) < 4.78 is 56.7. The fraction of sp³-hybridized carbons (Fsp3) is 0.654. The van der Waals surface area contributed by atoms with Gasteiger partial charge in [-0.25, -0.2) is 13.9 Å². The number of rotatable bonds is 42. The number of carbonyl (C=O) groups is 2. The van der Waals surface area contributed by atoms with Crippen molar-refractivity contribution < 1.29 is 71.4 Å². The number of hydrogen-bond donors (Lipinski definition) is 6. The van der Waals surface area contributed by atoms with Crippen LogP contribution < -0.4 is 11.4 Å². The lowest BCUT2D eigenvalue weighted by Crippen LogP contribution is -2.36. The van der Waals surface area contributed by atoms with Gasteiger partial charge in [0.1, 0.15) is 30.7 Å². The van der Waals surface area contributed by atoms with Crippen LogP contribution in [0.25, 0.3) is 0 Å². The number of allylic oxidation sites excluding steroid dienone is 11. The van der Waals surface area contributed by atoms with Crippen LogP contribution in [0.5, 0.6) is 0 Å². The number of anilines is 1. The maximum atomic E-state index is 12.9. The first-order chi connectivity index (χ1) is 35.1. The predicted octanol–water partition coefficient (Wildman–Crippen LogP) is 9.86. The molecule has 0 saturated carbocycles. The molecular formula is C52H85N3O16P2. The van der Waals surface area contributed by atoms with E-state index < -0.39 is 83.7 Å². The highest BCUT2D eigenvalue weighted by Gasteiger charge is 2.46. The molecule has 1 aliphatic rings. The molecule has 0 amide bonds. The van der Waals surface area contributed by atoms with Crippen molar-refractivity contribution in [1.82, 2.24) is 9.55 Å². The third kappa shape index (κ3) is 32.3. The third-order valence-electron chi connectivity index (χ3n) is 11.3. The zero-order valence-corrected chi connectivity index (χ0v) is 44.8. The van der Waals surface area contributed by atoms with Crippen LogP contribution in [0.4, 0.5) is 5.82 Å². The summed E-state index contributed by atoms with van der Waals surface area (Å²) in [5, 5.41) is 30.7. The third-order valence-corrected chi connectivity index (χ3v) is 13.9. The Bertz CT molecular complexity index is 2020. The molecule has 0 bridgehead atoms. The van der Waals surface area contributed by atoms with E-state index in [2.05, 4.69) is 52.7 Å². The SMILES string of the molecule is CCCCC/C=C\C/C=C\CCCCCCCCCC(=O)OC[C@H](COP(=O)(O)OP(=O)(O)OC[C@H]1O[C@@H](n2ccc(N)nc2=O)[C@H](O)[C@@H]1O)OC(=O)CCC/C=C\C/C=C\C/C=C\C/C=C\CC(O)CCC. The topological polar surface area (TPSA) is 286 Å². The number of nitrogen functional groups attached to an aromatic ring is 1. The fourth-order valence-electron chi connectivity index (χ4n) is 7.29. The van der Waals surface area contributed by atoms with Gasteiger partial charge in [0.25, 0.3) is 0 Å². The van der Waals surface area contributed by atoms with Crippen molar-refractivity contribution in [2.45, 2.75) is 198 Å². The zero-order valence-electron chi connectivity index (χ0n) is 43.0. The summed E-state index contributed by atoms with van der Waals surface area (Å²) in [6.45, 7) is 1.87. The van der Waals surface area contributed by atoms with E-state index in [1.165, 1.54) is 25.3 Å². The van der Waals surface area contributed by atoms with E-state index >= 15 is 0 Å². The minimum absolute atomic E-state index is 0.0456. The maximum Gasteiger partial charge on any atom is 0.481 e. The van der Waals surface area contributed by atoms with Crippen molar-refractivity contribution in [3.63, 3.8) is 0 Å². The number of aromatic nitrogens is 2. The molecule has 1 saturated heterocycles. The molecule has 414 valence electrons. The van der Waals surface area contributed by atoms with Crippen LogP contribution in [0.2, 0.25) is 0 Å². The molecule has 1 aliphatic heterocycles. The van der Waals surface area contributed by atoms with Gasteiger partial charge in [-0.3, -0.25) is 23.2 Å². The second-order valence-corrected chi connectivity index (χ2v) is 20.9. The number of phosphoric acid groups is 2. The highest BCUT2D eigenvalue weighted by atomic mass is 31.3. The Morgan fingerprint density at radius 2 is 1.25 bits per heavy atom. The van der Waals surface area contributed by atoms with Crippen molar-refractivity contribution >= 4 is 33.4 Å². The van der Waals surface area contributed by atoms with E-state index in [1.807, 2.05) is 43.4 Å². The molecule has 21 heteroatoms.